The Bertz CT molecular complexity index is 1130. The Morgan fingerprint density at radius 3 is 2.29 bits per heavy atom. The van der Waals surface area contributed by atoms with E-state index in [0.717, 1.165) is 0 Å². The van der Waals surface area contributed by atoms with Gasteiger partial charge in [-0.15, -0.1) is 0 Å². The van der Waals surface area contributed by atoms with E-state index in [-0.39, 0.29) is 23.7 Å². The maximum Gasteiger partial charge on any atom is 0.490 e. The maximum absolute atomic E-state index is 13.0. The lowest BCUT2D eigenvalue weighted by Gasteiger charge is -2.43. The number of nitrogens with zero attached hydrogens (tertiary/aromatic N) is 4. The Morgan fingerprint density at radius 1 is 1.16 bits per heavy atom. The van der Waals surface area contributed by atoms with E-state index >= 15 is 0 Å². The molecule has 11 nitrogen and oxygen atoms in total. The van der Waals surface area contributed by atoms with Gasteiger partial charge in [0, 0.05) is 25.3 Å². The number of anilines is 2. The smallest absolute Gasteiger partial charge is 0.490 e. The molecule has 1 atom stereocenters. The molecular formula is C23H27ClF3N5O6. The molecule has 2 amide bonds. The number of rotatable bonds is 5. The lowest BCUT2D eigenvalue weighted by atomic mass is 10.00. The van der Waals surface area contributed by atoms with Crippen LogP contribution in [0.25, 0.3) is 0 Å². The summed E-state index contributed by atoms with van der Waals surface area (Å²) in [6.45, 7) is 5.85. The first-order valence-corrected chi connectivity index (χ1v) is 11.5. The van der Waals surface area contributed by atoms with Gasteiger partial charge in [-0.1, -0.05) is 25.4 Å². The molecule has 208 valence electrons. The van der Waals surface area contributed by atoms with Crippen LogP contribution in [0.1, 0.15) is 24.3 Å². The van der Waals surface area contributed by atoms with Crippen molar-refractivity contribution in [2.75, 3.05) is 44.1 Å². The second-order valence-corrected chi connectivity index (χ2v) is 8.69. The van der Waals surface area contributed by atoms with Crippen molar-refractivity contribution in [2.45, 2.75) is 26.1 Å². The van der Waals surface area contributed by atoms with Crippen molar-refractivity contribution in [1.82, 2.24) is 14.9 Å². The highest BCUT2D eigenvalue weighted by Gasteiger charge is 2.38. The fourth-order valence-corrected chi connectivity index (χ4v) is 3.73. The van der Waals surface area contributed by atoms with Gasteiger partial charge in [0.25, 0.3) is 0 Å². The Labute approximate surface area is 221 Å². The number of carboxylic acid groups (broad SMARTS) is 1. The minimum atomic E-state index is -5.08. The zero-order chi connectivity index (χ0) is 28.6. The van der Waals surface area contributed by atoms with Crippen LogP contribution in [-0.4, -0.2) is 84.0 Å². The van der Waals surface area contributed by atoms with Crippen LogP contribution in [0, 0.1) is 5.92 Å². The van der Waals surface area contributed by atoms with Gasteiger partial charge in [-0.05, 0) is 24.1 Å². The molecule has 2 heterocycles. The first-order valence-electron chi connectivity index (χ1n) is 11.1. The molecule has 3 rings (SSSR count). The van der Waals surface area contributed by atoms with Crippen molar-refractivity contribution >= 4 is 41.1 Å². The van der Waals surface area contributed by atoms with Gasteiger partial charge in [0.1, 0.15) is 11.6 Å². The standard InChI is InChI=1S/C21H26ClN5O4.C2HF3O2/c1-13(2)17-12-26(19-11-23-16(10-24-19)20(28)31-4)7-8-27(17)21(29)25-14-5-6-18(30-3)15(22)9-14;3-2(4,5)1(6)7/h5-6,9-11,13,17H,7-8,12H2,1-4H3,(H,25,29);(H,6,7). The van der Waals surface area contributed by atoms with Crippen LogP contribution >= 0.6 is 11.6 Å². The van der Waals surface area contributed by atoms with Gasteiger partial charge < -0.3 is 29.7 Å². The highest BCUT2D eigenvalue weighted by molar-refractivity contribution is 6.32. The summed E-state index contributed by atoms with van der Waals surface area (Å²) >= 11 is 6.17. The molecular weight excluding hydrogens is 535 g/mol. The Balaban J connectivity index is 0.000000638. The van der Waals surface area contributed by atoms with E-state index in [0.29, 0.717) is 41.9 Å². The van der Waals surface area contributed by atoms with Gasteiger partial charge in [-0.2, -0.15) is 13.2 Å². The van der Waals surface area contributed by atoms with E-state index in [1.165, 1.54) is 13.3 Å². The van der Waals surface area contributed by atoms with Crippen molar-refractivity contribution in [3.05, 3.63) is 41.3 Å². The third kappa shape index (κ3) is 8.10. The summed E-state index contributed by atoms with van der Waals surface area (Å²) in [6, 6.07) is 4.90. The van der Waals surface area contributed by atoms with Crippen molar-refractivity contribution < 1.29 is 42.1 Å². The van der Waals surface area contributed by atoms with Gasteiger partial charge in [0.2, 0.25) is 0 Å². The topological polar surface area (TPSA) is 134 Å². The lowest BCUT2D eigenvalue weighted by molar-refractivity contribution is -0.192. The molecule has 1 aliphatic rings. The van der Waals surface area contributed by atoms with E-state index in [9.17, 15) is 22.8 Å². The predicted octanol–water partition coefficient (Wildman–Crippen LogP) is 3.94. The van der Waals surface area contributed by atoms with Gasteiger partial charge >= 0.3 is 24.1 Å². The number of hydrogen-bond donors (Lipinski definition) is 2. The molecule has 38 heavy (non-hydrogen) atoms. The van der Waals surface area contributed by atoms with E-state index in [1.807, 2.05) is 4.90 Å². The first kappa shape index (κ1) is 30.4. The Hall–Kier alpha value is -3.81. The van der Waals surface area contributed by atoms with Crippen molar-refractivity contribution in [1.29, 1.82) is 0 Å². The first-order chi connectivity index (χ1) is 17.8. The second kappa shape index (κ2) is 13.1. The molecule has 0 saturated carbocycles. The minimum Gasteiger partial charge on any atom is -0.495 e. The molecule has 0 radical (unpaired) electrons. The van der Waals surface area contributed by atoms with Gasteiger partial charge in [-0.3, -0.25) is 0 Å². The number of carbonyl (C=O) groups is 3. The van der Waals surface area contributed by atoms with Crippen molar-refractivity contribution in [3.8, 4) is 5.75 Å². The maximum atomic E-state index is 13.0. The number of amides is 2. The molecule has 1 fully saturated rings. The van der Waals surface area contributed by atoms with Gasteiger partial charge in [0.05, 0.1) is 37.7 Å². The number of halogens is 4. The number of aromatic nitrogens is 2. The van der Waals surface area contributed by atoms with Crippen LogP contribution in [0.15, 0.2) is 30.6 Å². The minimum absolute atomic E-state index is 0.0375. The quantitative estimate of drug-likeness (QED) is 0.520. The SMILES string of the molecule is COC(=O)c1cnc(N2CCN(C(=O)Nc3ccc(OC)c(Cl)c3)C(C(C)C)C2)cn1.O=C(O)C(F)(F)F. The van der Waals surface area contributed by atoms with Crippen molar-refractivity contribution in [2.24, 2.45) is 5.92 Å². The number of methoxy groups -OCH3 is 2. The number of carbonyl (C=O) groups excluding carboxylic acids is 2. The van der Waals surface area contributed by atoms with Crippen LogP contribution in [0.2, 0.25) is 5.02 Å². The van der Waals surface area contributed by atoms with Crippen LogP contribution < -0.4 is 15.0 Å². The number of esters is 1. The summed E-state index contributed by atoms with van der Waals surface area (Å²) in [5.41, 5.74) is 0.757. The van der Waals surface area contributed by atoms with E-state index in [2.05, 4.69) is 38.8 Å². The number of carboxylic acids is 1. The molecule has 15 heteroatoms. The highest BCUT2D eigenvalue weighted by atomic mass is 35.5. The van der Waals surface area contributed by atoms with Crippen LogP contribution in [-0.2, 0) is 9.53 Å². The number of hydrogen-bond acceptors (Lipinski definition) is 8. The molecule has 1 saturated heterocycles. The predicted molar refractivity (Wildman–Crippen MR) is 132 cm³/mol. The molecule has 1 aliphatic heterocycles. The monoisotopic (exact) mass is 561 g/mol. The number of urea groups is 1. The summed E-state index contributed by atoms with van der Waals surface area (Å²) in [6.07, 6.45) is -2.13. The van der Waals surface area contributed by atoms with Gasteiger partial charge in [-0.25, -0.2) is 24.4 Å². The molecule has 1 aromatic heterocycles. The molecule has 1 aromatic carbocycles. The fourth-order valence-electron chi connectivity index (χ4n) is 3.47. The number of benzene rings is 1. The van der Waals surface area contributed by atoms with E-state index in [1.54, 1.807) is 31.5 Å². The number of nitrogens with one attached hydrogen (secondary N) is 1. The van der Waals surface area contributed by atoms with Crippen LogP contribution in [0.5, 0.6) is 5.75 Å². The lowest BCUT2D eigenvalue weighted by Crippen LogP contribution is -2.58. The number of piperazine rings is 1. The van der Waals surface area contributed by atoms with Gasteiger partial charge in [0.15, 0.2) is 5.69 Å². The summed E-state index contributed by atoms with van der Waals surface area (Å²) in [7, 11) is 2.84. The number of ether oxygens (including phenoxy) is 2. The fraction of sp³-hybridized carbons (Fsp3) is 0.435. The summed E-state index contributed by atoms with van der Waals surface area (Å²) in [5, 5.41) is 10.5. The van der Waals surface area contributed by atoms with Crippen LogP contribution in [0.3, 0.4) is 0 Å². The third-order valence-electron chi connectivity index (χ3n) is 5.45. The van der Waals surface area contributed by atoms with Crippen LogP contribution in [0.4, 0.5) is 29.5 Å². The molecule has 1 unspecified atom stereocenters. The molecule has 2 N–H and O–H groups in total. The zero-order valence-corrected chi connectivity index (χ0v) is 21.7. The second-order valence-electron chi connectivity index (χ2n) is 8.28. The zero-order valence-electron chi connectivity index (χ0n) is 21.0. The molecule has 0 spiro atoms. The molecule has 0 bridgehead atoms. The third-order valence-corrected chi connectivity index (χ3v) is 5.75. The Morgan fingerprint density at radius 2 is 1.82 bits per heavy atom. The summed E-state index contributed by atoms with van der Waals surface area (Å²) in [4.78, 5) is 45.8. The average Bonchev–Trinajstić information content (AvgIpc) is 2.87. The van der Waals surface area contributed by atoms with E-state index in [4.69, 9.17) is 26.2 Å². The normalized spacial score (nSPS) is 15.3. The average molecular weight is 562 g/mol. The molecule has 2 aromatic rings. The van der Waals surface area contributed by atoms with E-state index < -0.39 is 18.1 Å². The highest BCUT2D eigenvalue weighted by Crippen LogP contribution is 2.28. The Kier molecular flexibility index (Phi) is 10.5. The van der Waals surface area contributed by atoms with Crippen molar-refractivity contribution in [3.63, 3.8) is 0 Å². The molecule has 0 aliphatic carbocycles. The number of alkyl halides is 3. The largest absolute Gasteiger partial charge is 0.495 e. The summed E-state index contributed by atoms with van der Waals surface area (Å²) in [5.74, 6) is -1.87. The summed E-state index contributed by atoms with van der Waals surface area (Å²) < 4.78 is 41.5. The number of aliphatic carboxylic acids is 1.